The molecule has 0 aliphatic carbocycles. The van der Waals surface area contributed by atoms with E-state index in [1.54, 1.807) is 6.92 Å². The predicted octanol–water partition coefficient (Wildman–Crippen LogP) is 3.99. The molecular formula is C22H37N4O5P. The average molecular weight is 471 g/mol. The molecule has 4 atom stereocenters. The second-order valence-electron chi connectivity index (χ2n) is 8.50. The maximum atomic E-state index is 12.4. The van der Waals surface area contributed by atoms with Crippen LogP contribution in [0.5, 0.6) is 0 Å². The van der Waals surface area contributed by atoms with E-state index in [9.17, 15) is 9.59 Å². The number of aryl methyl sites for hydroxylation is 1. The number of hydrogen-bond acceptors (Lipinski definition) is 6. The molecule has 0 spiro atoms. The SMILES string of the molecule is [3H]CCCC[C@H]1O[C@@H](n2cc(C)c(=O)[nH]c2=O)C[C@@H]1OP(OCC[N+]#[C-])N(C(C)C)C(C)C. The van der Waals surface area contributed by atoms with E-state index in [1.165, 1.54) is 10.8 Å². The van der Waals surface area contributed by atoms with Crippen molar-refractivity contribution in [1.29, 1.82) is 0 Å². The summed E-state index contributed by atoms with van der Waals surface area (Å²) in [7, 11) is -1.45. The van der Waals surface area contributed by atoms with Crippen molar-refractivity contribution in [3.8, 4) is 0 Å². The van der Waals surface area contributed by atoms with Crippen molar-refractivity contribution in [3.63, 3.8) is 0 Å². The van der Waals surface area contributed by atoms with Crippen molar-refractivity contribution in [1.82, 2.24) is 14.2 Å². The first-order valence-electron chi connectivity index (χ1n) is 11.9. The molecule has 1 aliphatic heterocycles. The van der Waals surface area contributed by atoms with Gasteiger partial charge < -0.3 is 18.6 Å². The van der Waals surface area contributed by atoms with Gasteiger partial charge in [0, 0.05) is 31.6 Å². The van der Waals surface area contributed by atoms with Gasteiger partial charge >= 0.3 is 5.69 Å². The second kappa shape index (κ2) is 12.6. The Bertz CT molecular complexity index is 892. The molecule has 0 radical (unpaired) electrons. The molecule has 0 bridgehead atoms. The van der Waals surface area contributed by atoms with Crippen LogP contribution in [0.15, 0.2) is 15.8 Å². The van der Waals surface area contributed by atoms with E-state index in [0.29, 0.717) is 25.3 Å². The summed E-state index contributed by atoms with van der Waals surface area (Å²) in [4.78, 5) is 30.0. The zero-order chi connectivity index (χ0) is 24.5. The van der Waals surface area contributed by atoms with E-state index in [4.69, 9.17) is 21.7 Å². The third kappa shape index (κ3) is 6.97. The first kappa shape index (κ1) is 25.1. The monoisotopic (exact) mass is 470 g/mol. The van der Waals surface area contributed by atoms with Gasteiger partial charge in [0.25, 0.3) is 14.1 Å². The van der Waals surface area contributed by atoms with E-state index in [2.05, 4.69) is 42.2 Å². The normalized spacial score (nSPS) is 22.5. The minimum atomic E-state index is -1.45. The lowest BCUT2D eigenvalue weighted by atomic mass is 10.1. The average Bonchev–Trinajstić information content (AvgIpc) is 3.12. The van der Waals surface area contributed by atoms with Crippen LogP contribution >= 0.6 is 8.53 Å². The van der Waals surface area contributed by atoms with E-state index in [1.807, 2.05) is 0 Å². The van der Waals surface area contributed by atoms with Crippen molar-refractivity contribution in [3.05, 3.63) is 44.0 Å². The summed E-state index contributed by atoms with van der Waals surface area (Å²) in [6, 6.07) is 0.349. The highest BCUT2D eigenvalue weighted by Gasteiger charge is 2.41. The molecular weight excluding hydrogens is 431 g/mol. The van der Waals surface area contributed by atoms with Crippen molar-refractivity contribution < 1.29 is 15.2 Å². The Morgan fingerprint density at radius 1 is 1.41 bits per heavy atom. The third-order valence-corrected chi connectivity index (χ3v) is 7.41. The standard InChI is InChI=1S/C22H37N4O5P/c1-8-9-10-18-19(13-20(30-18)25-14-17(6)21(27)24-22(25)28)31-32(29-12-11-23-7)26(15(2)3)16(4)5/h14-16,18-20H,8-13H2,1-6H3,(H,24,27,28)/t18-,19+,20-,32?/m1/s1/i1T. The fourth-order valence-electron chi connectivity index (χ4n) is 3.79. The van der Waals surface area contributed by atoms with Gasteiger partial charge in [-0.05, 0) is 41.0 Å². The molecule has 1 unspecified atom stereocenters. The van der Waals surface area contributed by atoms with Gasteiger partial charge in [-0.1, -0.05) is 19.7 Å². The van der Waals surface area contributed by atoms with Crippen LogP contribution in [0.2, 0.25) is 0 Å². The van der Waals surface area contributed by atoms with Gasteiger partial charge in [-0.2, -0.15) is 0 Å². The lowest BCUT2D eigenvalue weighted by Gasteiger charge is -2.37. The molecule has 1 aliphatic rings. The Kier molecular flexibility index (Phi) is 9.89. The summed E-state index contributed by atoms with van der Waals surface area (Å²) in [5.74, 6) is 0. The highest BCUT2D eigenvalue weighted by molar-refractivity contribution is 7.44. The number of nitrogens with one attached hydrogen (secondary N) is 1. The highest BCUT2D eigenvalue weighted by atomic mass is 31.2. The van der Waals surface area contributed by atoms with Gasteiger partial charge in [-0.3, -0.25) is 14.3 Å². The van der Waals surface area contributed by atoms with Crippen LogP contribution in [-0.4, -0.2) is 51.7 Å². The summed E-state index contributed by atoms with van der Waals surface area (Å²) >= 11 is 0. The Morgan fingerprint density at radius 2 is 2.12 bits per heavy atom. The number of aromatic amines is 1. The maximum absolute atomic E-state index is 12.4. The molecule has 10 heteroatoms. The summed E-state index contributed by atoms with van der Waals surface area (Å²) in [6.45, 7) is 17.9. The van der Waals surface area contributed by atoms with Crippen molar-refractivity contribution in [2.24, 2.45) is 0 Å². The lowest BCUT2D eigenvalue weighted by Crippen LogP contribution is -2.36. The number of nitrogens with zero attached hydrogens (tertiary/aromatic N) is 3. The number of H-pyrrole nitrogens is 1. The van der Waals surface area contributed by atoms with E-state index < -0.39 is 26.0 Å². The minimum Gasteiger partial charge on any atom is -0.352 e. The molecule has 1 N–H and O–H groups in total. The highest BCUT2D eigenvalue weighted by Crippen LogP contribution is 2.50. The maximum Gasteiger partial charge on any atom is 0.330 e. The van der Waals surface area contributed by atoms with Crippen LogP contribution in [0, 0.1) is 13.5 Å². The van der Waals surface area contributed by atoms with Gasteiger partial charge in [0.05, 0.1) is 12.2 Å². The quantitative estimate of drug-likeness (QED) is 0.282. The smallest absolute Gasteiger partial charge is 0.330 e. The number of hydrogen-bond donors (Lipinski definition) is 1. The van der Waals surface area contributed by atoms with Crippen molar-refractivity contribution in [2.45, 2.75) is 97.7 Å². The topological polar surface area (TPSA) is 90.2 Å². The Balaban J connectivity index is 2.29. The fraction of sp³-hybridized carbons (Fsp3) is 0.773. The molecule has 32 heavy (non-hydrogen) atoms. The molecule has 180 valence electrons. The summed E-state index contributed by atoms with van der Waals surface area (Å²) in [5.41, 5.74) is -0.484. The largest absolute Gasteiger partial charge is 0.352 e. The van der Waals surface area contributed by atoms with Crippen LogP contribution in [0.3, 0.4) is 0 Å². The fourth-order valence-corrected chi connectivity index (χ4v) is 5.54. The van der Waals surface area contributed by atoms with E-state index >= 15 is 0 Å². The predicted molar refractivity (Wildman–Crippen MR) is 125 cm³/mol. The number of unbranched alkanes of at least 4 members (excludes halogenated alkanes) is 1. The molecule has 2 rings (SSSR count). The first-order chi connectivity index (χ1) is 15.7. The van der Waals surface area contributed by atoms with Gasteiger partial charge in [-0.25, -0.2) is 16.0 Å². The zero-order valence-corrected chi connectivity index (χ0v) is 20.6. The molecule has 1 fully saturated rings. The summed E-state index contributed by atoms with van der Waals surface area (Å²) in [6.07, 6.45) is 3.08. The van der Waals surface area contributed by atoms with Gasteiger partial charge in [0.2, 0.25) is 6.54 Å². The Morgan fingerprint density at radius 3 is 2.75 bits per heavy atom. The summed E-state index contributed by atoms with van der Waals surface area (Å²) in [5, 5.41) is 0. The first-order valence-corrected chi connectivity index (χ1v) is 12.3. The molecule has 0 saturated carbocycles. The van der Waals surface area contributed by atoms with E-state index in [0.717, 1.165) is 12.8 Å². The van der Waals surface area contributed by atoms with Crippen LogP contribution in [0.25, 0.3) is 4.85 Å². The number of ether oxygens (including phenoxy) is 1. The molecule has 9 nitrogen and oxygen atoms in total. The van der Waals surface area contributed by atoms with Crippen LogP contribution < -0.4 is 11.2 Å². The number of aromatic nitrogens is 2. The van der Waals surface area contributed by atoms with Crippen LogP contribution in [-0.2, 0) is 13.8 Å². The molecule has 0 amide bonds. The molecule has 2 heterocycles. The van der Waals surface area contributed by atoms with Gasteiger partial charge in [0.1, 0.15) is 12.8 Å². The lowest BCUT2D eigenvalue weighted by molar-refractivity contribution is -0.0234. The third-order valence-electron chi connectivity index (χ3n) is 5.25. The molecule has 1 aromatic heterocycles. The van der Waals surface area contributed by atoms with Crippen LogP contribution in [0.4, 0.5) is 0 Å². The van der Waals surface area contributed by atoms with E-state index in [-0.39, 0.29) is 37.4 Å². The zero-order valence-electron chi connectivity index (χ0n) is 20.7. The molecule has 0 aromatic carbocycles. The molecule has 1 aromatic rings. The minimum absolute atomic E-state index is 0.174. The van der Waals surface area contributed by atoms with Crippen molar-refractivity contribution >= 4 is 8.53 Å². The van der Waals surface area contributed by atoms with Crippen LogP contribution in [0.1, 0.15) is 73.4 Å². The van der Waals surface area contributed by atoms with Gasteiger partial charge in [-0.15, -0.1) is 0 Å². The van der Waals surface area contributed by atoms with Gasteiger partial charge in [0.15, 0.2) is 0 Å². The summed E-state index contributed by atoms with van der Waals surface area (Å²) < 4.78 is 29.9. The Labute approximate surface area is 193 Å². The molecule has 1 saturated heterocycles. The second-order valence-corrected chi connectivity index (χ2v) is 9.91. The van der Waals surface area contributed by atoms with Crippen molar-refractivity contribution in [2.75, 3.05) is 13.2 Å². The Hall–Kier alpha value is -1.56. The number of rotatable bonds is 12.